The Hall–Kier alpha value is -2.61. The maximum Gasteiger partial charge on any atom is 0.167 e. The first-order chi connectivity index (χ1) is 10.0. The van der Waals surface area contributed by atoms with Crippen molar-refractivity contribution in [2.45, 2.75) is 20.8 Å². The van der Waals surface area contributed by atoms with Gasteiger partial charge in [-0.1, -0.05) is 0 Å². The quantitative estimate of drug-likeness (QED) is 0.927. The zero-order valence-corrected chi connectivity index (χ0v) is 12.2. The van der Waals surface area contributed by atoms with Gasteiger partial charge in [0.05, 0.1) is 12.2 Å². The smallest absolute Gasteiger partial charge is 0.167 e. The van der Waals surface area contributed by atoms with Crippen LogP contribution in [0.2, 0.25) is 0 Å². The van der Waals surface area contributed by atoms with Crippen LogP contribution in [0.3, 0.4) is 0 Å². The van der Waals surface area contributed by atoms with Gasteiger partial charge in [-0.2, -0.15) is 5.26 Å². The Kier molecular flexibility index (Phi) is 4.39. The SMILES string of the molecule is CCOc1ccc(Nc2nc(C)cc(C)c2C#N)cc1F. The van der Waals surface area contributed by atoms with Crippen LogP contribution in [0.15, 0.2) is 24.3 Å². The molecule has 2 rings (SSSR count). The second-order valence-electron chi connectivity index (χ2n) is 4.62. The number of ether oxygens (including phenoxy) is 1. The molecule has 0 atom stereocenters. The third kappa shape index (κ3) is 3.29. The number of rotatable bonds is 4. The molecule has 1 N–H and O–H groups in total. The lowest BCUT2D eigenvalue weighted by molar-refractivity contribution is 0.321. The highest BCUT2D eigenvalue weighted by atomic mass is 19.1. The molecule has 0 amide bonds. The van der Waals surface area contributed by atoms with Crippen molar-refractivity contribution in [3.8, 4) is 11.8 Å². The summed E-state index contributed by atoms with van der Waals surface area (Å²) in [4.78, 5) is 4.30. The topological polar surface area (TPSA) is 57.9 Å². The summed E-state index contributed by atoms with van der Waals surface area (Å²) in [6.45, 7) is 5.89. The Labute approximate surface area is 123 Å². The molecular formula is C16H16FN3O. The van der Waals surface area contributed by atoms with Crippen LogP contribution in [0.1, 0.15) is 23.7 Å². The lowest BCUT2D eigenvalue weighted by atomic mass is 10.1. The molecule has 21 heavy (non-hydrogen) atoms. The van der Waals surface area contributed by atoms with Gasteiger partial charge in [0.2, 0.25) is 0 Å². The van der Waals surface area contributed by atoms with Crippen molar-refractivity contribution in [1.82, 2.24) is 4.98 Å². The Balaban J connectivity index is 2.35. The molecule has 0 radical (unpaired) electrons. The molecule has 0 aliphatic rings. The summed E-state index contributed by atoms with van der Waals surface area (Å²) in [5.41, 5.74) is 2.60. The number of anilines is 2. The molecule has 1 aromatic carbocycles. The van der Waals surface area contributed by atoms with Gasteiger partial charge >= 0.3 is 0 Å². The number of aryl methyl sites for hydroxylation is 2. The van der Waals surface area contributed by atoms with Crippen LogP contribution < -0.4 is 10.1 Å². The third-order valence-corrected chi connectivity index (χ3v) is 2.95. The number of hydrogen-bond acceptors (Lipinski definition) is 4. The summed E-state index contributed by atoms with van der Waals surface area (Å²) in [7, 11) is 0. The number of benzene rings is 1. The molecule has 5 heteroatoms. The van der Waals surface area contributed by atoms with E-state index in [2.05, 4.69) is 16.4 Å². The minimum atomic E-state index is -0.454. The molecule has 0 saturated carbocycles. The Bertz CT molecular complexity index is 707. The molecule has 0 saturated heterocycles. The van der Waals surface area contributed by atoms with Crippen molar-refractivity contribution >= 4 is 11.5 Å². The van der Waals surface area contributed by atoms with Crippen LogP contribution in [0, 0.1) is 31.0 Å². The second-order valence-corrected chi connectivity index (χ2v) is 4.62. The number of aromatic nitrogens is 1. The average Bonchev–Trinajstić information content (AvgIpc) is 2.41. The summed E-state index contributed by atoms with van der Waals surface area (Å²) in [5.74, 6) is 0.181. The van der Waals surface area contributed by atoms with Crippen LogP contribution in [0.25, 0.3) is 0 Å². The first-order valence-electron chi connectivity index (χ1n) is 6.63. The van der Waals surface area contributed by atoms with E-state index < -0.39 is 5.82 Å². The van der Waals surface area contributed by atoms with Gasteiger partial charge in [-0.05, 0) is 44.5 Å². The molecule has 0 unspecified atom stereocenters. The largest absolute Gasteiger partial charge is 0.491 e. The Morgan fingerprint density at radius 3 is 2.71 bits per heavy atom. The van der Waals surface area contributed by atoms with Crippen LogP contribution in [-0.2, 0) is 0 Å². The molecule has 108 valence electrons. The number of pyridine rings is 1. The highest BCUT2D eigenvalue weighted by molar-refractivity contribution is 5.65. The van der Waals surface area contributed by atoms with E-state index >= 15 is 0 Å². The number of nitrogens with zero attached hydrogens (tertiary/aromatic N) is 2. The molecule has 1 heterocycles. The second kappa shape index (κ2) is 6.23. The molecule has 4 nitrogen and oxygen atoms in total. The first kappa shape index (κ1) is 14.8. The molecule has 2 aromatic rings. The molecule has 1 aromatic heterocycles. The normalized spacial score (nSPS) is 10.0. The van der Waals surface area contributed by atoms with Gasteiger partial charge in [0.25, 0.3) is 0 Å². The molecule has 0 fully saturated rings. The Morgan fingerprint density at radius 2 is 2.10 bits per heavy atom. The standard InChI is InChI=1S/C16H16FN3O/c1-4-21-15-6-5-12(8-14(15)17)20-16-13(9-18)10(2)7-11(3)19-16/h5-8H,4H2,1-3H3,(H,19,20). The fraction of sp³-hybridized carbons (Fsp3) is 0.250. The summed E-state index contributed by atoms with van der Waals surface area (Å²) in [5, 5.41) is 12.2. The molecule has 0 spiro atoms. The molecule has 0 aliphatic carbocycles. The molecule has 0 bridgehead atoms. The van der Waals surface area contributed by atoms with Crippen molar-refractivity contribution in [1.29, 1.82) is 5.26 Å². The van der Waals surface area contributed by atoms with Gasteiger partial charge in [-0.25, -0.2) is 9.37 Å². The fourth-order valence-electron chi connectivity index (χ4n) is 2.06. The number of nitrogens with one attached hydrogen (secondary N) is 1. The van der Waals surface area contributed by atoms with Crippen molar-refractivity contribution in [2.75, 3.05) is 11.9 Å². The van der Waals surface area contributed by atoms with Crippen molar-refractivity contribution in [3.05, 3.63) is 46.9 Å². The maximum atomic E-state index is 13.8. The van der Waals surface area contributed by atoms with E-state index in [0.29, 0.717) is 23.7 Å². The summed E-state index contributed by atoms with van der Waals surface area (Å²) < 4.78 is 19.0. The highest BCUT2D eigenvalue weighted by Crippen LogP contribution is 2.25. The minimum absolute atomic E-state index is 0.205. The van der Waals surface area contributed by atoms with Gasteiger partial charge in [0.15, 0.2) is 11.6 Å². The Morgan fingerprint density at radius 1 is 1.33 bits per heavy atom. The predicted molar refractivity (Wildman–Crippen MR) is 79.3 cm³/mol. The molecule has 0 aliphatic heterocycles. The van der Waals surface area contributed by atoms with Gasteiger partial charge < -0.3 is 10.1 Å². The van der Waals surface area contributed by atoms with E-state index in [1.807, 2.05) is 19.9 Å². The third-order valence-electron chi connectivity index (χ3n) is 2.95. The number of nitriles is 1. The molecular weight excluding hydrogens is 269 g/mol. The monoisotopic (exact) mass is 285 g/mol. The predicted octanol–water partition coefficient (Wildman–Crippen LogP) is 3.85. The van der Waals surface area contributed by atoms with Gasteiger partial charge in [0, 0.05) is 17.4 Å². The van der Waals surface area contributed by atoms with Crippen LogP contribution in [-0.4, -0.2) is 11.6 Å². The number of halogens is 1. The van der Waals surface area contributed by atoms with Gasteiger partial charge in [-0.15, -0.1) is 0 Å². The maximum absolute atomic E-state index is 13.8. The zero-order valence-electron chi connectivity index (χ0n) is 12.2. The van der Waals surface area contributed by atoms with Gasteiger partial charge in [-0.3, -0.25) is 0 Å². The lowest BCUT2D eigenvalue weighted by Crippen LogP contribution is -2.02. The van der Waals surface area contributed by atoms with Crippen LogP contribution in [0.4, 0.5) is 15.9 Å². The average molecular weight is 285 g/mol. The van der Waals surface area contributed by atoms with E-state index in [1.165, 1.54) is 6.07 Å². The summed E-state index contributed by atoms with van der Waals surface area (Å²) in [6.07, 6.45) is 0. The van der Waals surface area contributed by atoms with Crippen molar-refractivity contribution in [3.63, 3.8) is 0 Å². The summed E-state index contributed by atoms with van der Waals surface area (Å²) in [6, 6.07) is 8.52. The number of hydrogen-bond donors (Lipinski definition) is 1. The van der Waals surface area contributed by atoms with E-state index in [4.69, 9.17) is 4.74 Å². The van der Waals surface area contributed by atoms with Gasteiger partial charge in [0.1, 0.15) is 11.9 Å². The van der Waals surface area contributed by atoms with Crippen LogP contribution in [0.5, 0.6) is 5.75 Å². The van der Waals surface area contributed by atoms with E-state index in [-0.39, 0.29) is 5.75 Å². The van der Waals surface area contributed by atoms with E-state index in [1.54, 1.807) is 19.1 Å². The first-order valence-corrected chi connectivity index (χ1v) is 6.63. The fourth-order valence-corrected chi connectivity index (χ4v) is 2.06. The highest BCUT2D eigenvalue weighted by Gasteiger charge is 2.10. The summed E-state index contributed by atoms with van der Waals surface area (Å²) >= 11 is 0. The van der Waals surface area contributed by atoms with Crippen molar-refractivity contribution in [2.24, 2.45) is 0 Å². The van der Waals surface area contributed by atoms with Crippen LogP contribution >= 0.6 is 0 Å². The lowest BCUT2D eigenvalue weighted by Gasteiger charge is -2.11. The van der Waals surface area contributed by atoms with E-state index in [9.17, 15) is 9.65 Å². The van der Waals surface area contributed by atoms with E-state index in [0.717, 1.165) is 11.3 Å². The zero-order chi connectivity index (χ0) is 15.4. The van der Waals surface area contributed by atoms with Crippen molar-refractivity contribution < 1.29 is 9.13 Å². The minimum Gasteiger partial charge on any atom is -0.491 e.